The number of carboxylic acids is 1. The first-order chi connectivity index (χ1) is 9.99. The fourth-order valence-electron chi connectivity index (χ4n) is 2.41. The Morgan fingerprint density at radius 1 is 0.905 bits per heavy atom. The fourth-order valence-corrected chi connectivity index (χ4v) is 15.4. The first kappa shape index (κ1) is 20.5. The third-order valence-corrected chi connectivity index (χ3v) is 16.3. The van der Waals surface area contributed by atoms with Gasteiger partial charge in [0, 0.05) is 0 Å². The average molecular weight is 405 g/mol. The molecule has 0 unspecified atom stereocenters. The zero-order valence-corrected chi connectivity index (χ0v) is 16.5. The van der Waals surface area contributed by atoms with Crippen LogP contribution in [-0.2, 0) is 12.7 Å². The van der Waals surface area contributed by atoms with Crippen LogP contribution in [0, 0.1) is 0 Å². The van der Waals surface area contributed by atoms with E-state index in [4.69, 9.17) is 8.18 Å². The van der Waals surface area contributed by atoms with Crippen molar-refractivity contribution in [3.8, 4) is 0 Å². The van der Waals surface area contributed by atoms with Crippen molar-refractivity contribution in [1.29, 1.82) is 0 Å². The molecule has 1 N–H and O–H groups in total. The van der Waals surface area contributed by atoms with E-state index in [2.05, 4.69) is 20.8 Å². The van der Waals surface area contributed by atoms with Crippen LogP contribution in [0.3, 0.4) is 0 Å². The van der Waals surface area contributed by atoms with Crippen LogP contribution in [0.5, 0.6) is 0 Å². The van der Waals surface area contributed by atoms with Gasteiger partial charge in [-0.15, -0.1) is 0 Å². The molecule has 0 bridgehead atoms. The SMILES string of the molecule is CCC[CH2][Sn]([CH2]CCC)([CH2]CCC)[O]C(=O)/C=C\C(=O)O. The Balaban J connectivity index is 4.92. The molecule has 0 aliphatic rings. The molecule has 4 nitrogen and oxygen atoms in total. The zero-order valence-electron chi connectivity index (χ0n) is 13.7. The maximum atomic E-state index is 11.9. The minimum atomic E-state index is -2.94. The molecule has 0 heterocycles. The van der Waals surface area contributed by atoms with E-state index in [-0.39, 0.29) is 0 Å². The summed E-state index contributed by atoms with van der Waals surface area (Å²) in [7, 11) is 0. The van der Waals surface area contributed by atoms with E-state index < -0.39 is 30.7 Å². The second-order valence-corrected chi connectivity index (χ2v) is 17.2. The topological polar surface area (TPSA) is 63.6 Å². The Labute approximate surface area is 133 Å². The van der Waals surface area contributed by atoms with Crippen LogP contribution < -0.4 is 0 Å². The van der Waals surface area contributed by atoms with Gasteiger partial charge in [-0.1, -0.05) is 0 Å². The summed E-state index contributed by atoms with van der Waals surface area (Å²) in [5.41, 5.74) is 0. The van der Waals surface area contributed by atoms with Crippen molar-refractivity contribution in [2.45, 2.75) is 72.6 Å². The van der Waals surface area contributed by atoms with Gasteiger partial charge in [-0.2, -0.15) is 0 Å². The number of unbranched alkanes of at least 4 members (excludes halogenated alkanes) is 3. The second-order valence-electron chi connectivity index (χ2n) is 5.59. The van der Waals surface area contributed by atoms with E-state index in [1.54, 1.807) is 0 Å². The fraction of sp³-hybridized carbons (Fsp3) is 0.750. The summed E-state index contributed by atoms with van der Waals surface area (Å²) in [6.45, 7) is 6.47. The zero-order chi connectivity index (χ0) is 16.1. The quantitative estimate of drug-likeness (QED) is 0.383. The first-order valence-corrected chi connectivity index (χ1v) is 15.4. The summed E-state index contributed by atoms with van der Waals surface area (Å²) >= 11 is -2.94. The van der Waals surface area contributed by atoms with Crippen LogP contribution in [0.4, 0.5) is 0 Å². The number of hydrogen-bond acceptors (Lipinski definition) is 3. The van der Waals surface area contributed by atoms with Crippen molar-refractivity contribution in [2.24, 2.45) is 0 Å². The molecule has 0 saturated carbocycles. The van der Waals surface area contributed by atoms with Gasteiger partial charge in [0.15, 0.2) is 0 Å². The molecular weight excluding hydrogens is 375 g/mol. The van der Waals surface area contributed by atoms with Gasteiger partial charge in [0.1, 0.15) is 0 Å². The first-order valence-electron chi connectivity index (χ1n) is 8.13. The Bertz CT molecular complexity index is 317. The number of carbonyl (C=O) groups is 2. The summed E-state index contributed by atoms with van der Waals surface area (Å²) in [6, 6.07) is 0. The van der Waals surface area contributed by atoms with E-state index in [0.29, 0.717) is 0 Å². The van der Waals surface area contributed by atoms with Crippen LogP contribution in [0.25, 0.3) is 0 Å². The Morgan fingerprint density at radius 3 is 1.67 bits per heavy atom. The average Bonchev–Trinajstić information content (AvgIpc) is 2.46. The molecule has 0 rings (SSSR count). The van der Waals surface area contributed by atoms with Crippen molar-refractivity contribution in [3.05, 3.63) is 12.2 Å². The number of hydrogen-bond donors (Lipinski definition) is 1. The third kappa shape index (κ3) is 9.93. The summed E-state index contributed by atoms with van der Waals surface area (Å²) in [5.74, 6) is -1.56. The van der Waals surface area contributed by atoms with Gasteiger partial charge in [0.05, 0.1) is 0 Å². The molecule has 0 atom stereocenters. The molecule has 5 heteroatoms. The maximum absolute atomic E-state index is 11.9. The van der Waals surface area contributed by atoms with E-state index in [0.717, 1.165) is 64.0 Å². The summed E-state index contributed by atoms with van der Waals surface area (Å²) in [6.07, 6.45) is 8.60. The van der Waals surface area contributed by atoms with Crippen molar-refractivity contribution >= 4 is 30.7 Å². The molecule has 0 amide bonds. The number of carbonyl (C=O) groups excluding carboxylic acids is 1. The summed E-state index contributed by atoms with van der Waals surface area (Å²) in [5, 5.41) is 8.61. The van der Waals surface area contributed by atoms with E-state index in [1.165, 1.54) is 0 Å². The van der Waals surface area contributed by atoms with Gasteiger partial charge in [0.25, 0.3) is 0 Å². The van der Waals surface area contributed by atoms with Crippen LogP contribution >= 0.6 is 0 Å². The molecule has 0 saturated heterocycles. The number of carboxylic acid groups (broad SMARTS) is 1. The predicted octanol–water partition coefficient (Wildman–Crippen LogP) is 4.52. The molecular formula is C16H30O4Sn. The molecule has 0 aromatic rings. The van der Waals surface area contributed by atoms with Crippen LogP contribution in [-0.4, -0.2) is 35.8 Å². The molecule has 0 radical (unpaired) electrons. The standard InChI is InChI=1S/C4H4O4.3C4H9.Sn/c5-3(6)1-2-4(7)8;3*1-3-4-2;/h1-2H,(H,5,6)(H,7,8);3*1,3-4H2,2H3;/q;;;;+1/p-1/b2-1-;;;;. The molecule has 122 valence electrons. The Morgan fingerprint density at radius 2 is 1.33 bits per heavy atom. The summed E-state index contributed by atoms with van der Waals surface area (Å²) in [4.78, 5) is 22.4. The second kappa shape index (κ2) is 12.1. The molecule has 0 aromatic heterocycles. The molecule has 0 spiro atoms. The minimum absolute atomic E-state index is 0.448. The van der Waals surface area contributed by atoms with Gasteiger partial charge in [0.2, 0.25) is 0 Å². The molecule has 0 aliphatic carbocycles. The van der Waals surface area contributed by atoms with E-state index >= 15 is 0 Å². The predicted molar refractivity (Wildman–Crippen MR) is 87.8 cm³/mol. The van der Waals surface area contributed by atoms with Crippen molar-refractivity contribution in [2.75, 3.05) is 0 Å². The number of aliphatic carboxylic acids is 1. The Hall–Kier alpha value is -0.521. The molecule has 0 aliphatic heterocycles. The van der Waals surface area contributed by atoms with E-state index in [1.807, 2.05) is 0 Å². The van der Waals surface area contributed by atoms with Crippen molar-refractivity contribution < 1.29 is 17.8 Å². The van der Waals surface area contributed by atoms with Gasteiger partial charge in [-0.3, -0.25) is 0 Å². The van der Waals surface area contributed by atoms with Crippen molar-refractivity contribution in [3.63, 3.8) is 0 Å². The summed E-state index contributed by atoms with van der Waals surface area (Å²) < 4.78 is 9.12. The normalized spacial score (nSPS) is 11.8. The van der Waals surface area contributed by atoms with Crippen LogP contribution in [0.2, 0.25) is 13.3 Å². The third-order valence-electron chi connectivity index (χ3n) is 3.64. The van der Waals surface area contributed by atoms with Crippen LogP contribution in [0.1, 0.15) is 59.3 Å². The number of rotatable bonds is 12. The Kier molecular flexibility index (Phi) is 11.8. The van der Waals surface area contributed by atoms with Crippen LogP contribution in [0.15, 0.2) is 12.2 Å². The molecule has 0 aromatic carbocycles. The van der Waals surface area contributed by atoms with Crippen molar-refractivity contribution in [1.82, 2.24) is 0 Å². The van der Waals surface area contributed by atoms with Gasteiger partial charge in [-0.25, -0.2) is 0 Å². The van der Waals surface area contributed by atoms with Gasteiger partial charge >= 0.3 is 133 Å². The van der Waals surface area contributed by atoms with E-state index in [9.17, 15) is 9.59 Å². The molecule has 21 heavy (non-hydrogen) atoms. The van der Waals surface area contributed by atoms with Gasteiger partial charge in [-0.05, 0) is 0 Å². The monoisotopic (exact) mass is 406 g/mol. The molecule has 0 fully saturated rings. The van der Waals surface area contributed by atoms with Gasteiger partial charge < -0.3 is 0 Å².